The zero-order valence-electron chi connectivity index (χ0n) is 17.4. The number of amides is 1. The lowest BCUT2D eigenvalue weighted by atomic mass is 10.2. The van der Waals surface area contributed by atoms with Gasteiger partial charge in [0, 0.05) is 12.6 Å². The van der Waals surface area contributed by atoms with Crippen LogP contribution in [0.25, 0.3) is 6.08 Å². The van der Waals surface area contributed by atoms with Crippen LogP contribution in [0.3, 0.4) is 0 Å². The molecular weight excluding hydrogens is 396 g/mol. The van der Waals surface area contributed by atoms with Crippen LogP contribution in [0.1, 0.15) is 18.1 Å². The van der Waals surface area contributed by atoms with E-state index < -0.39 is 17.2 Å². The summed E-state index contributed by atoms with van der Waals surface area (Å²) in [6.45, 7) is 2.08. The smallest absolute Gasteiger partial charge is 0.330 e. The predicted octanol–water partition coefficient (Wildman–Crippen LogP) is 2.24. The molecule has 0 fully saturated rings. The summed E-state index contributed by atoms with van der Waals surface area (Å²) >= 11 is 0. The molecule has 1 aromatic heterocycles. The molecule has 2 aromatic carbocycles. The second-order valence-corrected chi connectivity index (χ2v) is 6.76. The molecule has 0 saturated heterocycles. The molecule has 8 heteroatoms. The van der Waals surface area contributed by atoms with E-state index >= 15 is 0 Å². The van der Waals surface area contributed by atoms with E-state index in [0.29, 0.717) is 5.75 Å². The summed E-state index contributed by atoms with van der Waals surface area (Å²) in [5.41, 5.74) is 6.40. The fourth-order valence-electron chi connectivity index (χ4n) is 3.19. The zero-order chi connectivity index (χ0) is 22.4. The molecule has 3 aromatic rings. The number of methoxy groups -OCH3 is 1. The number of rotatable bonds is 7. The fraction of sp³-hybridized carbons (Fsp3) is 0.174. The van der Waals surface area contributed by atoms with Crippen molar-refractivity contribution in [2.45, 2.75) is 13.5 Å². The Bertz CT molecular complexity index is 1210. The van der Waals surface area contributed by atoms with Crippen LogP contribution in [0, 0.1) is 0 Å². The van der Waals surface area contributed by atoms with Crippen LogP contribution in [0.5, 0.6) is 5.75 Å². The third-order valence-electron chi connectivity index (χ3n) is 4.76. The van der Waals surface area contributed by atoms with Gasteiger partial charge in [0.05, 0.1) is 13.7 Å². The average Bonchev–Trinajstić information content (AvgIpc) is 2.78. The van der Waals surface area contributed by atoms with Crippen LogP contribution in [0.4, 0.5) is 11.5 Å². The summed E-state index contributed by atoms with van der Waals surface area (Å²) in [5.74, 6) is 0.158. The molecule has 0 bridgehead atoms. The molecule has 3 rings (SSSR count). The summed E-state index contributed by atoms with van der Waals surface area (Å²) in [4.78, 5) is 41.3. The van der Waals surface area contributed by atoms with Gasteiger partial charge in [-0.3, -0.25) is 19.1 Å². The highest BCUT2D eigenvalue weighted by molar-refractivity contribution is 6.05. The van der Waals surface area contributed by atoms with Crippen LogP contribution < -0.4 is 26.6 Å². The van der Waals surface area contributed by atoms with Gasteiger partial charge >= 0.3 is 5.69 Å². The number of benzene rings is 2. The van der Waals surface area contributed by atoms with Crippen molar-refractivity contribution in [3.63, 3.8) is 0 Å². The average molecular weight is 420 g/mol. The van der Waals surface area contributed by atoms with Gasteiger partial charge in [0.2, 0.25) is 0 Å². The maximum Gasteiger partial charge on any atom is 0.330 e. The first-order valence-corrected chi connectivity index (χ1v) is 9.74. The second kappa shape index (κ2) is 9.62. The van der Waals surface area contributed by atoms with E-state index in [-0.39, 0.29) is 24.6 Å². The third-order valence-corrected chi connectivity index (χ3v) is 4.76. The zero-order valence-corrected chi connectivity index (χ0v) is 17.4. The number of ether oxygens (including phenoxy) is 1. The molecule has 0 saturated carbocycles. The number of carbonyl (C=O) groups is 1. The summed E-state index contributed by atoms with van der Waals surface area (Å²) in [7, 11) is 1.56. The van der Waals surface area contributed by atoms with Gasteiger partial charge in [0.1, 0.15) is 11.6 Å². The van der Waals surface area contributed by atoms with E-state index in [9.17, 15) is 14.4 Å². The van der Waals surface area contributed by atoms with Crippen LogP contribution in [0.2, 0.25) is 0 Å². The standard InChI is InChI=1S/C23H24N4O4/c1-3-26(19(28)13-12-16-10-7-11-18(14-16)31-2)20-21(24)27(23(30)25-22(20)29)15-17-8-5-4-6-9-17/h4-14H,3,15,24H2,1-2H3,(H,25,29,30)/b13-12+. The van der Waals surface area contributed by atoms with Crippen molar-refractivity contribution in [2.75, 3.05) is 24.3 Å². The molecule has 0 radical (unpaired) electrons. The number of aromatic amines is 1. The lowest BCUT2D eigenvalue weighted by molar-refractivity contribution is -0.114. The van der Waals surface area contributed by atoms with Gasteiger partial charge in [-0.15, -0.1) is 0 Å². The van der Waals surface area contributed by atoms with E-state index in [2.05, 4.69) is 4.98 Å². The Morgan fingerprint density at radius 1 is 1.16 bits per heavy atom. The fourth-order valence-corrected chi connectivity index (χ4v) is 3.19. The van der Waals surface area contributed by atoms with Crippen LogP contribution >= 0.6 is 0 Å². The van der Waals surface area contributed by atoms with Gasteiger partial charge in [-0.25, -0.2) is 4.79 Å². The number of nitrogens with zero attached hydrogens (tertiary/aromatic N) is 2. The summed E-state index contributed by atoms with van der Waals surface area (Å²) in [6, 6.07) is 16.4. The van der Waals surface area contributed by atoms with Crippen molar-refractivity contribution < 1.29 is 9.53 Å². The number of H-pyrrole nitrogens is 1. The number of aromatic nitrogens is 2. The summed E-state index contributed by atoms with van der Waals surface area (Å²) in [6.07, 6.45) is 2.97. The highest BCUT2D eigenvalue weighted by Crippen LogP contribution is 2.19. The molecule has 31 heavy (non-hydrogen) atoms. The SMILES string of the molecule is CCN(C(=O)/C=C/c1cccc(OC)c1)c1c(N)n(Cc2ccccc2)c(=O)[nH]c1=O. The molecular formula is C23H24N4O4. The Kier molecular flexibility index (Phi) is 6.71. The molecule has 0 spiro atoms. The maximum atomic E-state index is 12.9. The van der Waals surface area contributed by atoms with Gasteiger partial charge < -0.3 is 15.4 Å². The minimum atomic E-state index is -0.711. The topological polar surface area (TPSA) is 110 Å². The lowest BCUT2D eigenvalue weighted by Crippen LogP contribution is -2.40. The Labute approximate surface area is 179 Å². The second-order valence-electron chi connectivity index (χ2n) is 6.76. The number of hydrogen-bond donors (Lipinski definition) is 2. The minimum Gasteiger partial charge on any atom is -0.497 e. The summed E-state index contributed by atoms with van der Waals surface area (Å²) in [5, 5.41) is 0. The number of hydrogen-bond acceptors (Lipinski definition) is 5. The normalized spacial score (nSPS) is 10.9. The van der Waals surface area contributed by atoms with E-state index in [1.165, 1.54) is 15.5 Å². The quantitative estimate of drug-likeness (QED) is 0.570. The van der Waals surface area contributed by atoms with E-state index in [1.54, 1.807) is 32.2 Å². The Morgan fingerprint density at radius 2 is 1.90 bits per heavy atom. The highest BCUT2D eigenvalue weighted by Gasteiger charge is 2.21. The van der Waals surface area contributed by atoms with Crippen molar-refractivity contribution >= 4 is 23.5 Å². The van der Waals surface area contributed by atoms with Gasteiger partial charge in [0.25, 0.3) is 11.5 Å². The highest BCUT2D eigenvalue weighted by atomic mass is 16.5. The molecule has 0 unspecified atom stereocenters. The maximum absolute atomic E-state index is 12.9. The molecule has 3 N–H and O–H groups in total. The predicted molar refractivity (Wildman–Crippen MR) is 121 cm³/mol. The van der Waals surface area contributed by atoms with E-state index in [4.69, 9.17) is 10.5 Å². The molecule has 1 heterocycles. The number of anilines is 2. The largest absolute Gasteiger partial charge is 0.497 e. The molecule has 8 nitrogen and oxygen atoms in total. The van der Waals surface area contributed by atoms with Gasteiger partial charge in [-0.2, -0.15) is 0 Å². The number of carbonyl (C=O) groups excluding carboxylic acids is 1. The Morgan fingerprint density at radius 3 is 2.58 bits per heavy atom. The van der Waals surface area contributed by atoms with Crippen molar-refractivity contribution in [2.24, 2.45) is 0 Å². The van der Waals surface area contributed by atoms with Crippen molar-refractivity contribution in [1.82, 2.24) is 9.55 Å². The molecule has 0 atom stereocenters. The molecule has 0 aliphatic heterocycles. The third kappa shape index (κ3) is 4.92. The number of nitrogen functional groups attached to an aromatic ring is 1. The number of likely N-dealkylation sites (N-methyl/N-ethyl adjacent to an activating group) is 1. The van der Waals surface area contributed by atoms with Crippen molar-refractivity contribution in [3.8, 4) is 5.75 Å². The first kappa shape index (κ1) is 21.6. The van der Waals surface area contributed by atoms with Crippen molar-refractivity contribution in [1.29, 1.82) is 0 Å². The first-order chi connectivity index (χ1) is 14.9. The minimum absolute atomic E-state index is 0.0571. The number of nitrogens with one attached hydrogen (secondary N) is 1. The molecule has 1 amide bonds. The summed E-state index contributed by atoms with van der Waals surface area (Å²) < 4.78 is 6.42. The first-order valence-electron chi connectivity index (χ1n) is 9.74. The molecule has 160 valence electrons. The molecule has 0 aliphatic carbocycles. The lowest BCUT2D eigenvalue weighted by Gasteiger charge is -2.22. The number of nitrogens with two attached hydrogens (primary N) is 1. The van der Waals surface area contributed by atoms with Gasteiger partial charge in [-0.05, 0) is 36.3 Å². The van der Waals surface area contributed by atoms with E-state index in [0.717, 1.165) is 11.1 Å². The van der Waals surface area contributed by atoms with Crippen LogP contribution in [0.15, 0.2) is 70.3 Å². The monoisotopic (exact) mass is 420 g/mol. The van der Waals surface area contributed by atoms with Crippen LogP contribution in [-0.2, 0) is 11.3 Å². The Balaban J connectivity index is 1.95. The van der Waals surface area contributed by atoms with Crippen LogP contribution in [-0.4, -0.2) is 29.1 Å². The van der Waals surface area contributed by atoms with Gasteiger partial charge in [-0.1, -0.05) is 42.5 Å². The van der Waals surface area contributed by atoms with Gasteiger partial charge in [0.15, 0.2) is 5.69 Å². The molecule has 0 aliphatic rings. The Hall–Kier alpha value is -4.07. The van der Waals surface area contributed by atoms with E-state index in [1.807, 2.05) is 42.5 Å². The van der Waals surface area contributed by atoms with Crippen molar-refractivity contribution in [3.05, 3.63) is 92.6 Å².